The van der Waals surface area contributed by atoms with E-state index in [0.717, 1.165) is 13.0 Å². The van der Waals surface area contributed by atoms with E-state index in [-0.39, 0.29) is 7.33 Å². The second-order valence-electron chi connectivity index (χ2n) is 2.89. The van der Waals surface area contributed by atoms with E-state index in [2.05, 4.69) is 24.5 Å². The van der Waals surface area contributed by atoms with E-state index < -0.39 is 0 Å². The van der Waals surface area contributed by atoms with Gasteiger partial charge in [0.2, 0.25) is 5.91 Å². The highest BCUT2D eigenvalue weighted by Gasteiger charge is 1.96. The fourth-order valence-electron chi connectivity index (χ4n) is 0.765. The molecule has 0 aromatic carbocycles. The van der Waals surface area contributed by atoms with Crippen molar-refractivity contribution >= 4 is 5.91 Å². The van der Waals surface area contributed by atoms with E-state index in [1.54, 1.807) is 7.05 Å². The van der Waals surface area contributed by atoms with Crippen molar-refractivity contribution in [3.63, 3.8) is 0 Å². The third kappa shape index (κ3) is 7.33. The molecule has 11 heavy (non-hydrogen) atoms. The standard InChI is InChI=1S/C8H18N2O.H2/c1-7(2)10-6-4-5-8(11)9-3;/h7,10H,4-6H2,1-3H3,(H,9,11);1H. The molecule has 0 heterocycles. The lowest BCUT2D eigenvalue weighted by Gasteiger charge is -2.06. The van der Waals surface area contributed by atoms with Crippen molar-refractivity contribution in [2.45, 2.75) is 32.7 Å². The SMILES string of the molecule is CNC(=O)CCCNC(C)C.[HH]. The van der Waals surface area contributed by atoms with Gasteiger partial charge in [-0.1, -0.05) is 13.8 Å². The first-order chi connectivity index (χ1) is 5.16. The van der Waals surface area contributed by atoms with E-state index in [4.69, 9.17) is 0 Å². The Morgan fingerprint density at radius 1 is 1.55 bits per heavy atom. The first kappa shape index (κ1) is 10.4. The average Bonchev–Trinajstić information content (AvgIpc) is 1.97. The van der Waals surface area contributed by atoms with E-state index in [1.807, 2.05) is 0 Å². The molecular weight excluding hydrogens is 140 g/mol. The zero-order valence-corrected chi connectivity index (χ0v) is 7.61. The van der Waals surface area contributed by atoms with E-state index in [1.165, 1.54) is 0 Å². The molecule has 3 nitrogen and oxygen atoms in total. The maximum absolute atomic E-state index is 10.7. The van der Waals surface area contributed by atoms with Crippen molar-refractivity contribution in [1.82, 2.24) is 10.6 Å². The summed E-state index contributed by atoms with van der Waals surface area (Å²) in [5.74, 6) is 0.121. The van der Waals surface area contributed by atoms with Gasteiger partial charge in [-0.3, -0.25) is 4.79 Å². The number of amides is 1. The van der Waals surface area contributed by atoms with Crippen molar-refractivity contribution in [3.8, 4) is 0 Å². The molecule has 0 saturated carbocycles. The van der Waals surface area contributed by atoms with Gasteiger partial charge in [0.15, 0.2) is 0 Å². The van der Waals surface area contributed by atoms with Gasteiger partial charge in [0.25, 0.3) is 0 Å². The van der Waals surface area contributed by atoms with Crippen molar-refractivity contribution in [1.29, 1.82) is 0 Å². The predicted molar refractivity (Wildman–Crippen MR) is 48.6 cm³/mol. The molecule has 0 radical (unpaired) electrons. The van der Waals surface area contributed by atoms with Gasteiger partial charge in [0.1, 0.15) is 0 Å². The minimum atomic E-state index is 0. The fourth-order valence-corrected chi connectivity index (χ4v) is 0.765. The van der Waals surface area contributed by atoms with E-state index >= 15 is 0 Å². The Labute approximate surface area is 70.0 Å². The summed E-state index contributed by atoms with van der Waals surface area (Å²) in [6, 6.07) is 0.514. The first-order valence-electron chi connectivity index (χ1n) is 4.10. The smallest absolute Gasteiger partial charge is 0.219 e. The second kappa shape index (κ2) is 6.16. The lowest BCUT2D eigenvalue weighted by atomic mass is 10.3. The number of hydrogen-bond acceptors (Lipinski definition) is 2. The Balaban J connectivity index is 0. The van der Waals surface area contributed by atoms with Crippen molar-refractivity contribution in [2.24, 2.45) is 0 Å². The molecule has 3 heteroatoms. The minimum Gasteiger partial charge on any atom is -0.359 e. The van der Waals surface area contributed by atoms with Crippen LogP contribution in [0.5, 0.6) is 0 Å². The summed E-state index contributed by atoms with van der Waals surface area (Å²) >= 11 is 0. The summed E-state index contributed by atoms with van der Waals surface area (Å²) < 4.78 is 0. The highest BCUT2D eigenvalue weighted by molar-refractivity contribution is 5.75. The Hall–Kier alpha value is -0.570. The molecule has 0 bridgehead atoms. The number of carbonyl (C=O) groups excluding carboxylic acids is 1. The van der Waals surface area contributed by atoms with Gasteiger partial charge in [0.05, 0.1) is 0 Å². The zero-order valence-electron chi connectivity index (χ0n) is 7.61. The van der Waals surface area contributed by atoms with Gasteiger partial charge in [-0.05, 0) is 13.0 Å². The van der Waals surface area contributed by atoms with Crippen LogP contribution < -0.4 is 10.6 Å². The Bertz CT molecular complexity index is 118. The van der Waals surface area contributed by atoms with Crippen LogP contribution in [0, 0.1) is 0 Å². The molecule has 0 aliphatic rings. The van der Waals surface area contributed by atoms with Crippen LogP contribution in [0.25, 0.3) is 0 Å². The van der Waals surface area contributed by atoms with Crippen molar-refractivity contribution < 1.29 is 6.22 Å². The first-order valence-corrected chi connectivity index (χ1v) is 4.10. The average molecular weight is 160 g/mol. The lowest BCUT2D eigenvalue weighted by molar-refractivity contribution is -0.120. The second-order valence-corrected chi connectivity index (χ2v) is 2.89. The molecule has 0 aliphatic heterocycles. The number of nitrogens with one attached hydrogen (secondary N) is 2. The van der Waals surface area contributed by atoms with Crippen LogP contribution in [-0.4, -0.2) is 25.5 Å². The van der Waals surface area contributed by atoms with Gasteiger partial charge in [-0.2, -0.15) is 0 Å². The maximum atomic E-state index is 10.7. The molecule has 1 amide bonds. The summed E-state index contributed by atoms with van der Waals surface area (Å²) in [6.45, 7) is 5.12. The molecule has 0 spiro atoms. The zero-order chi connectivity index (χ0) is 8.69. The van der Waals surface area contributed by atoms with Crippen molar-refractivity contribution in [2.75, 3.05) is 13.6 Å². The quantitative estimate of drug-likeness (QED) is 0.583. The van der Waals surface area contributed by atoms with Crippen LogP contribution >= 0.6 is 0 Å². The van der Waals surface area contributed by atoms with Gasteiger partial charge < -0.3 is 10.6 Å². The van der Waals surface area contributed by atoms with Gasteiger partial charge >= 0.3 is 0 Å². The number of carbonyl (C=O) groups is 1. The van der Waals surface area contributed by atoms with Crippen molar-refractivity contribution in [3.05, 3.63) is 0 Å². The van der Waals surface area contributed by atoms with Crippen LogP contribution in [0.3, 0.4) is 0 Å². The highest BCUT2D eigenvalue weighted by Crippen LogP contribution is 1.87. The topological polar surface area (TPSA) is 41.1 Å². The normalized spacial score (nSPS) is 10.2. The van der Waals surface area contributed by atoms with Crippen LogP contribution in [0.1, 0.15) is 28.1 Å². The largest absolute Gasteiger partial charge is 0.359 e. The van der Waals surface area contributed by atoms with Gasteiger partial charge in [-0.25, -0.2) is 0 Å². The molecule has 0 atom stereocenters. The molecule has 68 valence electrons. The van der Waals surface area contributed by atoms with Gasteiger partial charge in [-0.15, -0.1) is 0 Å². The van der Waals surface area contributed by atoms with Crippen LogP contribution in [-0.2, 0) is 4.79 Å². The maximum Gasteiger partial charge on any atom is 0.219 e. The summed E-state index contributed by atoms with van der Waals surface area (Å²) in [5.41, 5.74) is 0. The molecule has 2 N–H and O–H groups in total. The molecule has 0 fully saturated rings. The third-order valence-electron chi connectivity index (χ3n) is 1.41. The van der Waals surface area contributed by atoms with Gasteiger partial charge in [0, 0.05) is 20.9 Å². The predicted octanol–water partition coefficient (Wildman–Crippen LogP) is 0.757. The highest BCUT2D eigenvalue weighted by atomic mass is 16.1. The third-order valence-corrected chi connectivity index (χ3v) is 1.41. The molecule has 0 aliphatic carbocycles. The molecule has 0 aromatic heterocycles. The fraction of sp³-hybridized carbons (Fsp3) is 0.875. The van der Waals surface area contributed by atoms with Crippen LogP contribution in [0.2, 0.25) is 0 Å². The Kier molecular flexibility index (Phi) is 5.84. The van der Waals surface area contributed by atoms with Crippen LogP contribution in [0.4, 0.5) is 0 Å². The molecule has 0 rings (SSSR count). The molecular formula is C8H20N2O. The lowest BCUT2D eigenvalue weighted by Crippen LogP contribution is -2.25. The molecule has 0 aromatic rings. The molecule has 0 saturated heterocycles. The van der Waals surface area contributed by atoms with Crippen LogP contribution in [0.15, 0.2) is 0 Å². The Morgan fingerprint density at radius 3 is 2.64 bits per heavy atom. The summed E-state index contributed by atoms with van der Waals surface area (Å²) in [6.07, 6.45) is 1.54. The van der Waals surface area contributed by atoms with E-state index in [0.29, 0.717) is 12.5 Å². The minimum absolute atomic E-state index is 0. The van der Waals surface area contributed by atoms with E-state index in [9.17, 15) is 4.79 Å². The number of hydrogen-bond donors (Lipinski definition) is 2. The summed E-state index contributed by atoms with van der Waals surface area (Å²) in [4.78, 5) is 10.7. The molecule has 0 unspecified atom stereocenters. The summed E-state index contributed by atoms with van der Waals surface area (Å²) in [7, 11) is 1.66. The number of rotatable bonds is 5. The Morgan fingerprint density at radius 2 is 2.18 bits per heavy atom. The summed E-state index contributed by atoms with van der Waals surface area (Å²) in [5, 5.41) is 5.83. The monoisotopic (exact) mass is 160 g/mol.